The van der Waals surface area contributed by atoms with Gasteiger partial charge in [-0.2, -0.15) is 0 Å². The van der Waals surface area contributed by atoms with Crippen LogP contribution in [-0.4, -0.2) is 30.2 Å². The summed E-state index contributed by atoms with van der Waals surface area (Å²) in [6.07, 6.45) is 9.99. The summed E-state index contributed by atoms with van der Waals surface area (Å²) in [5.74, 6) is 0.410. The Balaban J connectivity index is 3.48. The van der Waals surface area contributed by atoms with Gasteiger partial charge in [0.05, 0.1) is 5.60 Å². The zero-order chi connectivity index (χ0) is 17.1. The predicted octanol–water partition coefficient (Wildman–Crippen LogP) is 4.90. The molecule has 0 aromatic rings. The molecule has 0 aliphatic heterocycles. The molecule has 0 saturated heterocycles. The van der Waals surface area contributed by atoms with Crippen LogP contribution in [0.4, 0.5) is 0 Å². The highest BCUT2D eigenvalue weighted by atomic mass is 16.5. The highest BCUT2D eigenvalue weighted by Crippen LogP contribution is 2.23. The zero-order valence-electron chi connectivity index (χ0n) is 15.5. The van der Waals surface area contributed by atoms with E-state index in [1.165, 1.54) is 0 Å². The Bertz CT molecular complexity index is 267. The summed E-state index contributed by atoms with van der Waals surface area (Å²) in [7, 11) is 1.76. The molecule has 0 radical (unpaired) electrons. The van der Waals surface area contributed by atoms with Gasteiger partial charge in [-0.1, -0.05) is 39.5 Å². The Hall–Kier alpha value is -0.410. The molecule has 132 valence electrons. The lowest BCUT2D eigenvalue weighted by Gasteiger charge is -2.22. The highest BCUT2D eigenvalue weighted by Gasteiger charge is 2.16. The van der Waals surface area contributed by atoms with Gasteiger partial charge in [0, 0.05) is 26.6 Å². The Morgan fingerprint density at radius 2 is 1.36 bits per heavy atom. The quantitative estimate of drug-likeness (QED) is 0.464. The van der Waals surface area contributed by atoms with E-state index in [0.717, 1.165) is 64.2 Å². The van der Waals surface area contributed by atoms with E-state index in [0.29, 0.717) is 5.78 Å². The number of hydrogen-bond acceptors (Lipinski definition) is 3. The van der Waals surface area contributed by atoms with Gasteiger partial charge in [0.15, 0.2) is 0 Å². The van der Waals surface area contributed by atoms with E-state index >= 15 is 0 Å². The second-order valence-electron chi connectivity index (χ2n) is 7.95. The molecule has 0 aromatic carbocycles. The SMILES string of the molecule is COC(C)(C)CCCCCC(=O)CCCCCC(C)(C)CO. The maximum absolute atomic E-state index is 11.8. The van der Waals surface area contributed by atoms with Crippen molar-refractivity contribution in [3.05, 3.63) is 0 Å². The Morgan fingerprint density at radius 1 is 0.864 bits per heavy atom. The fourth-order valence-electron chi connectivity index (χ4n) is 2.46. The van der Waals surface area contributed by atoms with E-state index in [-0.39, 0.29) is 17.6 Å². The normalized spacial score (nSPS) is 12.6. The number of carbonyl (C=O) groups is 1. The van der Waals surface area contributed by atoms with Crippen LogP contribution in [0.15, 0.2) is 0 Å². The molecule has 0 spiro atoms. The van der Waals surface area contributed by atoms with Crippen molar-refractivity contribution in [1.82, 2.24) is 0 Å². The van der Waals surface area contributed by atoms with Crippen LogP contribution >= 0.6 is 0 Å². The molecular weight excluding hydrogens is 276 g/mol. The molecule has 0 amide bonds. The number of hydrogen-bond donors (Lipinski definition) is 1. The molecule has 0 rings (SSSR count). The number of unbranched alkanes of at least 4 members (excludes halogenated alkanes) is 4. The average Bonchev–Trinajstić information content (AvgIpc) is 2.46. The summed E-state index contributed by atoms with van der Waals surface area (Å²) in [5, 5.41) is 9.18. The lowest BCUT2D eigenvalue weighted by atomic mass is 9.88. The van der Waals surface area contributed by atoms with Crippen molar-refractivity contribution >= 4 is 5.78 Å². The number of aliphatic hydroxyl groups excluding tert-OH is 1. The molecule has 22 heavy (non-hydrogen) atoms. The zero-order valence-corrected chi connectivity index (χ0v) is 15.5. The maximum atomic E-state index is 11.8. The summed E-state index contributed by atoms with van der Waals surface area (Å²) >= 11 is 0. The third-order valence-electron chi connectivity index (χ3n) is 4.52. The molecule has 0 fully saturated rings. The molecule has 0 aliphatic carbocycles. The Labute approximate surface area is 137 Å². The maximum Gasteiger partial charge on any atom is 0.132 e. The standard InChI is InChI=1S/C19H38O3/c1-18(2,16-20)14-10-6-8-12-17(21)13-9-7-11-15-19(3,4)22-5/h20H,6-16H2,1-5H3. The molecule has 0 unspecified atom stereocenters. The van der Waals surface area contributed by atoms with E-state index < -0.39 is 0 Å². The summed E-state index contributed by atoms with van der Waals surface area (Å²) in [5.41, 5.74) is -0.00760. The van der Waals surface area contributed by atoms with Gasteiger partial charge >= 0.3 is 0 Å². The summed E-state index contributed by atoms with van der Waals surface area (Å²) in [6, 6.07) is 0. The number of aliphatic hydroxyl groups is 1. The van der Waals surface area contributed by atoms with E-state index in [4.69, 9.17) is 4.74 Å². The molecular formula is C19H38O3. The first-order chi connectivity index (χ1) is 10.2. The van der Waals surface area contributed by atoms with Crippen LogP contribution in [0.3, 0.4) is 0 Å². The average molecular weight is 315 g/mol. The van der Waals surface area contributed by atoms with Crippen molar-refractivity contribution in [2.75, 3.05) is 13.7 Å². The second kappa shape index (κ2) is 11.2. The Morgan fingerprint density at radius 3 is 1.82 bits per heavy atom. The van der Waals surface area contributed by atoms with E-state index in [9.17, 15) is 9.90 Å². The van der Waals surface area contributed by atoms with Gasteiger partial charge < -0.3 is 9.84 Å². The van der Waals surface area contributed by atoms with Crippen molar-refractivity contribution in [2.45, 2.75) is 97.5 Å². The minimum Gasteiger partial charge on any atom is -0.396 e. The molecule has 3 nitrogen and oxygen atoms in total. The molecule has 1 N–H and O–H groups in total. The monoisotopic (exact) mass is 314 g/mol. The van der Waals surface area contributed by atoms with Crippen LogP contribution in [-0.2, 0) is 9.53 Å². The molecule has 3 heteroatoms. The van der Waals surface area contributed by atoms with Gasteiger partial charge in [-0.25, -0.2) is 0 Å². The van der Waals surface area contributed by atoms with Crippen LogP contribution in [0.2, 0.25) is 0 Å². The number of ketones is 1. The van der Waals surface area contributed by atoms with Gasteiger partial charge in [-0.05, 0) is 44.9 Å². The van der Waals surface area contributed by atoms with Gasteiger partial charge in [0.2, 0.25) is 0 Å². The van der Waals surface area contributed by atoms with Crippen LogP contribution in [0.1, 0.15) is 91.9 Å². The lowest BCUT2D eigenvalue weighted by Crippen LogP contribution is -2.21. The number of carbonyl (C=O) groups excluding carboxylic acids is 1. The summed E-state index contributed by atoms with van der Waals surface area (Å²) in [4.78, 5) is 11.8. The fraction of sp³-hybridized carbons (Fsp3) is 0.947. The highest BCUT2D eigenvalue weighted by molar-refractivity contribution is 5.78. The lowest BCUT2D eigenvalue weighted by molar-refractivity contribution is -0.119. The minimum absolute atomic E-state index is 0.0278. The largest absolute Gasteiger partial charge is 0.396 e. The number of rotatable bonds is 14. The number of ether oxygens (including phenoxy) is 1. The third-order valence-corrected chi connectivity index (χ3v) is 4.52. The topological polar surface area (TPSA) is 46.5 Å². The van der Waals surface area contributed by atoms with Crippen molar-refractivity contribution in [3.63, 3.8) is 0 Å². The molecule has 0 saturated carbocycles. The van der Waals surface area contributed by atoms with Crippen molar-refractivity contribution in [2.24, 2.45) is 5.41 Å². The van der Waals surface area contributed by atoms with Crippen molar-refractivity contribution < 1.29 is 14.6 Å². The van der Waals surface area contributed by atoms with Crippen molar-refractivity contribution in [1.29, 1.82) is 0 Å². The first-order valence-electron chi connectivity index (χ1n) is 8.90. The first kappa shape index (κ1) is 21.6. The third kappa shape index (κ3) is 12.2. The van der Waals surface area contributed by atoms with Gasteiger partial charge in [0.25, 0.3) is 0 Å². The smallest absolute Gasteiger partial charge is 0.132 e. The second-order valence-corrected chi connectivity index (χ2v) is 7.95. The minimum atomic E-state index is -0.0354. The summed E-state index contributed by atoms with van der Waals surface area (Å²) < 4.78 is 5.39. The van der Waals surface area contributed by atoms with E-state index in [2.05, 4.69) is 27.7 Å². The molecule has 0 aliphatic rings. The fourth-order valence-corrected chi connectivity index (χ4v) is 2.46. The van der Waals surface area contributed by atoms with Crippen LogP contribution in [0, 0.1) is 5.41 Å². The van der Waals surface area contributed by atoms with Crippen molar-refractivity contribution in [3.8, 4) is 0 Å². The first-order valence-corrected chi connectivity index (χ1v) is 8.90. The van der Waals surface area contributed by atoms with Gasteiger partial charge in [-0.3, -0.25) is 4.79 Å². The molecule has 0 atom stereocenters. The van der Waals surface area contributed by atoms with E-state index in [1.54, 1.807) is 7.11 Å². The predicted molar refractivity (Wildman–Crippen MR) is 93.1 cm³/mol. The van der Waals surface area contributed by atoms with Crippen LogP contribution < -0.4 is 0 Å². The number of methoxy groups -OCH3 is 1. The van der Waals surface area contributed by atoms with Gasteiger partial charge in [0.1, 0.15) is 5.78 Å². The Kier molecular flexibility index (Phi) is 11.0. The molecule has 0 bridgehead atoms. The van der Waals surface area contributed by atoms with Gasteiger partial charge in [-0.15, -0.1) is 0 Å². The molecule has 0 aromatic heterocycles. The van der Waals surface area contributed by atoms with E-state index in [1.807, 2.05) is 0 Å². The van der Waals surface area contributed by atoms with Crippen LogP contribution in [0.25, 0.3) is 0 Å². The summed E-state index contributed by atoms with van der Waals surface area (Å²) in [6.45, 7) is 8.63. The van der Waals surface area contributed by atoms with Crippen LogP contribution in [0.5, 0.6) is 0 Å². The number of Topliss-reactive ketones (excluding diaryl/α,β-unsaturated/α-hetero) is 1. The molecule has 0 heterocycles.